The molecule has 0 aromatic heterocycles. The van der Waals surface area contributed by atoms with Crippen LogP contribution in [0.2, 0.25) is 0 Å². The molecule has 0 fully saturated rings. The summed E-state index contributed by atoms with van der Waals surface area (Å²) >= 11 is 0. The fourth-order valence-electron chi connectivity index (χ4n) is 2.44. The molecule has 2 unspecified atom stereocenters. The number of carboxylic acid groups (broad SMARTS) is 1. The Morgan fingerprint density at radius 3 is 1.81 bits per heavy atom. The van der Waals surface area contributed by atoms with E-state index in [9.17, 15) is 14.3 Å². The normalized spacial score (nSPS) is 15.6. The Balaban J connectivity index is 3.49. The zero-order valence-corrected chi connectivity index (χ0v) is 14.6. The van der Waals surface area contributed by atoms with Crippen LogP contribution in [0.5, 0.6) is 0 Å². The topological polar surface area (TPSA) is 74.6 Å². The van der Waals surface area contributed by atoms with E-state index in [4.69, 9.17) is 5.11 Å². The highest BCUT2D eigenvalue weighted by molar-refractivity contribution is 7.58. The van der Waals surface area contributed by atoms with Crippen molar-refractivity contribution in [3.63, 3.8) is 0 Å². The maximum Gasteiger partial charge on any atom is 0.306 e. The van der Waals surface area contributed by atoms with Crippen LogP contribution in [0.15, 0.2) is 0 Å². The summed E-state index contributed by atoms with van der Waals surface area (Å²) in [7, 11) is -3.26. The van der Waals surface area contributed by atoms with E-state index in [2.05, 4.69) is 6.92 Å². The molecule has 0 aliphatic rings. The first-order valence-electron chi connectivity index (χ1n) is 8.42. The second-order valence-corrected chi connectivity index (χ2v) is 8.68. The van der Waals surface area contributed by atoms with Crippen LogP contribution in [-0.2, 0) is 9.36 Å². The molecule has 0 saturated carbocycles. The summed E-state index contributed by atoms with van der Waals surface area (Å²) in [5.74, 6) is -1.73. The van der Waals surface area contributed by atoms with E-state index < -0.39 is 19.3 Å². The van der Waals surface area contributed by atoms with Crippen LogP contribution < -0.4 is 0 Å². The molecule has 126 valence electrons. The van der Waals surface area contributed by atoms with Crippen LogP contribution in [0, 0.1) is 5.92 Å². The van der Waals surface area contributed by atoms with Gasteiger partial charge < -0.3 is 10.00 Å². The Bertz CT molecular complexity index is 317. The first kappa shape index (κ1) is 20.7. The molecule has 0 aliphatic carbocycles. The second-order valence-electron chi connectivity index (χ2n) is 6.17. The molecule has 4 nitrogen and oxygen atoms in total. The zero-order chi connectivity index (χ0) is 16.1. The minimum atomic E-state index is -3.26. The minimum Gasteiger partial charge on any atom is -0.481 e. The van der Waals surface area contributed by atoms with Crippen LogP contribution in [0.4, 0.5) is 0 Å². The largest absolute Gasteiger partial charge is 0.481 e. The molecule has 0 aromatic rings. The standard InChI is InChI=1S/C16H33O4P/c1-3-4-5-6-7-8-9-10-11-12-13-21(19,20)14-15(2)16(17)18/h15H,3-14H2,1-2H3,(H,17,18)(H,19,20). The van der Waals surface area contributed by atoms with Crippen molar-refractivity contribution in [2.75, 3.05) is 12.3 Å². The first-order chi connectivity index (χ1) is 9.89. The first-order valence-corrected chi connectivity index (χ1v) is 10.5. The van der Waals surface area contributed by atoms with Crippen molar-refractivity contribution in [2.45, 2.75) is 78.1 Å². The van der Waals surface area contributed by atoms with Crippen LogP contribution in [0.25, 0.3) is 0 Å². The summed E-state index contributed by atoms with van der Waals surface area (Å²) in [6.45, 7) is 3.71. The van der Waals surface area contributed by atoms with Crippen LogP contribution >= 0.6 is 7.37 Å². The fourth-order valence-corrected chi connectivity index (χ4v) is 4.36. The molecular formula is C16H33O4P. The molecule has 21 heavy (non-hydrogen) atoms. The molecule has 0 saturated heterocycles. The Kier molecular flexibility index (Phi) is 12.0. The van der Waals surface area contributed by atoms with Gasteiger partial charge >= 0.3 is 5.97 Å². The van der Waals surface area contributed by atoms with E-state index in [1.807, 2.05) is 0 Å². The summed E-state index contributed by atoms with van der Waals surface area (Å²) in [4.78, 5) is 20.4. The lowest BCUT2D eigenvalue weighted by Crippen LogP contribution is -2.15. The smallest absolute Gasteiger partial charge is 0.306 e. The zero-order valence-electron chi connectivity index (χ0n) is 13.7. The maximum atomic E-state index is 11.9. The molecule has 0 rings (SSSR count). The predicted octanol–water partition coefficient (Wildman–Crippen LogP) is 4.90. The van der Waals surface area contributed by atoms with Gasteiger partial charge in [-0.25, -0.2) is 0 Å². The lowest BCUT2D eigenvalue weighted by Gasteiger charge is -2.13. The molecule has 2 N–H and O–H groups in total. The predicted molar refractivity (Wildman–Crippen MR) is 88.2 cm³/mol. The molecule has 0 aromatic carbocycles. The van der Waals surface area contributed by atoms with Gasteiger partial charge in [-0.05, 0) is 6.42 Å². The Hall–Kier alpha value is -0.340. The average molecular weight is 320 g/mol. The number of carbonyl (C=O) groups is 1. The van der Waals surface area contributed by atoms with E-state index in [0.29, 0.717) is 0 Å². The van der Waals surface area contributed by atoms with Crippen molar-refractivity contribution in [1.29, 1.82) is 0 Å². The van der Waals surface area contributed by atoms with Crippen molar-refractivity contribution in [3.05, 3.63) is 0 Å². The van der Waals surface area contributed by atoms with Gasteiger partial charge in [0.15, 0.2) is 0 Å². The number of carboxylic acids is 1. The number of unbranched alkanes of at least 4 members (excludes halogenated alkanes) is 9. The van der Waals surface area contributed by atoms with Gasteiger partial charge in [0.25, 0.3) is 0 Å². The van der Waals surface area contributed by atoms with Crippen molar-refractivity contribution in [2.24, 2.45) is 5.92 Å². The Morgan fingerprint density at radius 2 is 1.38 bits per heavy atom. The van der Waals surface area contributed by atoms with E-state index in [1.54, 1.807) is 0 Å². The van der Waals surface area contributed by atoms with E-state index in [-0.39, 0.29) is 12.3 Å². The number of aliphatic carboxylic acids is 1. The van der Waals surface area contributed by atoms with Gasteiger partial charge in [0.05, 0.1) is 5.92 Å². The summed E-state index contributed by atoms with van der Waals surface area (Å²) in [6.07, 6.45) is 12.0. The highest BCUT2D eigenvalue weighted by atomic mass is 31.2. The minimum absolute atomic E-state index is 0.0975. The number of rotatable bonds is 14. The average Bonchev–Trinajstić information content (AvgIpc) is 2.40. The van der Waals surface area contributed by atoms with E-state index in [0.717, 1.165) is 19.3 Å². The molecule has 2 atom stereocenters. The fraction of sp³-hybridized carbons (Fsp3) is 0.938. The van der Waals surface area contributed by atoms with Crippen molar-refractivity contribution >= 4 is 13.3 Å². The third-order valence-corrected chi connectivity index (χ3v) is 5.98. The summed E-state index contributed by atoms with van der Waals surface area (Å²) in [5, 5.41) is 8.76. The third kappa shape index (κ3) is 13.1. The van der Waals surface area contributed by atoms with Gasteiger partial charge in [-0.1, -0.05) is 71.6 Å². The van der Waals surface area contributed by atoms with Crippen LogP contribution in [0.3, 0.4) is 0 Å². The number of hydrogen-bond acceptors (Lipinski definition) is 2. The van der Waals surface area contributed by atoms with Crippen molar-refractivity contribution in [3.8, 4) is 0 Å². The molecule has 0 amide bonds. The lowest BCUT2D eigenvalue weighted by molar-refractivity contribution is -0.140. The molecule has 0 spiro atoms. The highest BCUT2D eigenvalue weighted by Gasteiger charge is 2.24. The van der Waals surface area contributed by atoms with Gasteiger partial charge in [0, 0.05) is 12.3 Å². The quantitative estimate of drug-likeness (QED) is 0.353. The number of hydrogen-bond donors (Lipinski definition) is 2. The summed E-state index contributed by atoms with van der Waals surface area (Å²) < 4.78 is 11.9. The van der Waals surface area contributed by atoms with Gasteiger partial charge in [-0.15, -0.1) is 0 Å². The molecule has 0 radical (unpaired) electrons. The second kappa shape index (κ2) is 12.2. The lowest BCUT2D eigenvalue weighted by atomic mass is 10.1. The third-order valence-electron chi connectivity index (χ3n) is 3.84. The molecular weight excluding hydrogens is 287 g/mol. The van der Waals surface area contributed by atoms with Crippen molar-refractivity contribution < 1.29 is 19.4 Å². The summed E-state index contributed by atoms with van der Waals surface area (Å²) in [5.41, 5.74) is 0. The van der Waals surface area contributed by atoms with Gasteiger partial charge in [0.1, 0.15) is 0 Å². The highest BCUT2D eigenvalue weighted by Crippen LogP contribution is 2.43. The van der Waals surface area contributed by atoms with E-state index >= 15 is 0 Å². The molecule has 5 heteroatoms. The van der Waals surface area contributed by atoms with Crippen LogP contribution in [0.1, 0.15) is 78.1 Å². The van der Waals surface area contributed by atoms with E-state index in [1.165, 1.54) is 51.9 Å². The Morgan fingerprint density at radius 1 is 0.952 bits per heavy atom. The van der Waals surface area contributed by atoms with Gasteiger partial charge in [0.2, 0.25) is 7.37 Å². The molecule has 0 heterocycles. The maximum absolute atomic E-state index is 11.9. The monoisotopic (exact) mass is 320 g/mol. The molecule has 0 aliphatic heterocycles. The Labute approximate surface area is 129 Å². The van der Waals surface area contributed by atoms with Gasteiger partial charge in [-0.3, -0.25) is 9.36 Å². The van der Waals surface area contributed by atoms with Gasteiger partial charge in [-0.2, -0.15) is 0 Å². The van der Waals surface area contributed by atoms with Crippen LogP contribution in [-0.4, -0.2) is 28.3 Å². The molecule has 0 bridgehead atoms. The summed E-state index contributed by atoms with van der Waals surface area (Å²) in [6, 6.07) is 0. The van der Waals surface area contributed by atoms with Crippen molar-refractivity contribution in [1.82, 2.24) is 0 Å². The SMILES string of the molecule is CCCCCCCCCCCCP(=O)(O)CC(C)C(=O)O.